The molecule has 1 aromatic heterocycles. The van der Waals surface area contributed by atoms with E-state index in [1.165, 1.54) is 11.0 Å². The average molecular weight is 272 g/mol. The third-order valence-electron chi connectivity index (χ3n) is 3.54. The molecular formula is C14H16N4O2. The molecule has 1 saturated carbocycles. The molecule has 104 valence electrons. The molecule has 0 spiro atoms. The Hall–Kier alpha value is -2.50. The van der Waals surface area contributed by atoms with Crippen LogP contribution in [0.4, 0.5) is 11.4 Å². The number of aromatic amines is 1. The summed E-state index contributed by atoms with van der Waals surface area (Å²) in [6, 6.07) is 6.48. The fourth-order valence-electron chi connectivity index (χ4n) is 2.19. The zero-order valence-electron chi connectivity index (χ0n) is 11.1. The Balaban J connectivity index is 1.88. The van der Waals surface area contributed by atoms with Crippen LogP contribution in [0, 0.1) is 0 Å². The number of aromatic nitrogens is 2. The first-order chi connectivity index (χ1) is 9.58. The van der Waals surface area contributed by atoms with Crippen LogP contribution in [-0.2, 0) is 0 Å². The Bertz CT molecular complexity index is 661. The molecule has 20 heavy (non-hydrogen) atoms. The van der Waals surface area contributed by atoms with E-state index >= 15 is 0 Å². The van der Waals surface area contributed by atoms with E-state index < -0.39 is 0 Å². The number of phenolic OH excluding ortho intramolecular Hbond substituents is 1. The highest BCUT2D eigenvalue weighted by molar-refractivity contribution is 6.08. The number of hydrogen-bond donors (Lipinski definition) is 3. The third-order valence-corrected chi connectivity index (χ3v) is 3.54. The van der Waals surface area contributed by atoms with Crippen molar-refractivity contribution >= 4 is 17.3 Å². The van der Waals surface area contributed by atoms with Gasteiger partial charge in [0.2, 0.25) is 0 Å². The average Bonchev–Trinajstić information content (AvgIpc) is 3.20. The zero-order chi connectivity index (χ0) is 14.3. The zero-order valence-corrected chi connectivity index (χ0v) is 11.1. The van der Waals surface area contributed by atoms with Crippen molar-refractivity contribution < 1.29 is 9.90 Å². The Morgan fingerprint density at radius 2 is 2.25 bits per heavy atom. The van der Waals surface area contributed by atoms with Gasteiger partial charge in [-0.1, -0.05) is 6.07 Å². The lowest BCUT2D eigenvalue weighted by Crippen LogP contribution is -2.27. The molecule has 0 radical (unpaired) electrons. The molecule has 1 aromatic carbocycles. The smallest absolute Gasteiger partial charge is 0.280 e. The molecule has 0 aliphatic heterocycles. The summed E-state index contributed by atoms with van der Waals surface area (Å²) in [6.45, 7) is 0. The summed E-state index contributed by atoms with van der Waals surface area (Å²) in [4.78, 5) is 13.8. The normalized spacial score (nSPS) is 14.2. The number of phenols is 1. The topological polar surface area (TPSA) is 95.2 Å². The minimum Gasteiger partial charge on any atom is -0.508 e. The number of hydrogen-bond acceptors (Lipinski definition) is 4. The Morgan fingerprint density at radius 3 is 2.90 bits per heavy atom. The number of anilines is 2. The minimum atomic E-state index is -0.295. The maximum atomic E-state index is 12.4. The van der Waals surface area contributed by atoms with E-state index in [1.54, 1.807) is 25.2 Å². The maximum absolute atomic E-state index is 12.4. The molecule has 6 heteroatoms. The van der Waals surface area contributed by atoms with Gasteiger partial charge in [-0.3, -0.25) is 9.89 Å². The van der Waals surface area contributed by atoms with E-state index in [9.17, 15) is 9.90 Å². The van der Waals surface area contributed by atoms with Gasteiger partial charge in [0.1, 0.15) is 5.75 Å². The number of H-pyrrole nitrogens is 1. The van der Waals surface area contributed by atoms with Crippen LogP contribution in [0.5, 0.6) is 5.75 Å². The Kier molecular flexibility index (Phi) is 2.85. The number of nitrogens with one attached hydrogen (secondary N) is 1. The molecule has 0 saturated heterocycles. The number of benzene rings is 1. The summed E-state index contributed by atoms with van der Waals surface area (Å²) in [7, 11) is 1.63. The second kappa shape index (κ2) is 4.56. The number of nitrogens with zero attached hydrogens (tertiary/aromatic N) is 2. The van der Waals surface area contributed by atoms with Crippen molar-refractivity contribution in [1.29, 1.82) is 0 Å². The van der Waals surface area contributed by atoms with Gasteiger partial charge in [-0.05, 0) is 25.0 Å². The highest BCUT2D eigenvalue weighted by Crippen LogP contribution is 2.42. The molecule has 2 aromatic rings. The second-order valence-electron chi connectivity index (χ2n) is 5.06. The quantitative estimate of drug-likeness (QED) is 0.794. The number of carbonyl (C=O) groups is 1. The van der Waals surface area contributed by atoms with Crippen molar-refractivity contribution in [2.75, 3.05) is 17.7 Å². The standard InChI is InChI=1S/C14H16N4O2/c1-18(9-3-2-4-10(19)7-9)14(20)13-11(15)12(16-17-13)8-5-6-8/h2-4,7-8,19H,5-6,15H2,1H3,(H,16,17). The number of nitrogens with two attached hydrogens (primary N) is 1. The van der Waals surface area contributed by atoms with Crippen molar-refractivity contribution in [2.24, 2.45) is 0 Å². The van der Waals surface area contributed by atoms with Gasteiger partial charge in [0.25, 0.3) is 5.91 Å². The summed E-state index contributed by atoms with van der Waals surface area (Å²) >= 11 is 0. The van der Waals surface area contributed by atoms with Crippen LogP contribution >= 0.6 is 0 Å². The largest absolute Gasteiger partial charge is 0.508 e. The number of nitrogen functional groups attached to an aromatic ring is 1. The monoisotopic (exact) mass is 272 g/mol. The van der Waals surface area contributed by atoms with Crippen LogP contribution in [0.2, 0.25) is 0 Å². The summed E-state index contributed by atoms with van der Waals surface area (Å²) in [5, 5.41) is 16.4. The fourth-order valence-corrected chi connectivity index (χ4v) is 2.19. The number of carbonyl (C=O) groups excluding carboxylic acids is 1. The van der Waals surface area contributed by atoms with Crippen molar-refractivity contribution in [3.63, 3.8) is 0 Å². The van der Waals surface area contributed by atoms with Gasteiger partial charge in [0.05, 0.1) is 11.4 Å². The molecule has 6 nitrogen and oxygen atoms in total. The predicted octanol–water partition coefficient (Wildman–Crippen LogP) is 1.85. The Morgan fingerprint density at radius 1 is 1.50 bits per heavy atom. The predicted molar refractivity (Wildman–Crippen MR) is 75.8 cm³/mol. The van der Waals surface area contributed by atoms with Crippen molar-refractivity contribution in [3.05, 3.63) is 35.7 Å². The van der Waals surface area contributed by atoms with Gasteiger partial charge >= 0.3 is 0 Å². The molecule has 4 N–H and O–H groups in total. The molecule has 3 rings (SSSR count). The summed E-state index contributed by atoms with van der Waals surface area (Å²) in [5.41, 5.74) is 8.12. The van der Waals surface area contributed by atoms with E-state index in [0.717, 1.165) is 18.5 Å². The summed E-state index contributed by atoms with van der Waals surface area (Å²) in [5.74, 6) is 0.224. The van der Waals surface area contributed by atoms with Gasteiger partial charge in [-0.25, -0.2) is 0 Å². The molecule has 1 fully saturated rings. The SMILES string of the molecule is CN(C(=O)c1n[nH]c(C2CC2)c1N)c1cccc(O)c1. The van der Waals surface area contributed by atoms with Gasteiger partial charge in [0.15, 0.2) is 5.69 Å². The Labute approximate surface area is 116 Å². The van der Waals surface area contributed by atoms with Crippen LogP contribution in [0.15, 0.2) is 24.3 Å². The van der Waals surface area contributed by atoms with Crippen LogP contribution in [0.3, 0.4) is 0 Å². The maximum Gasteiger partial charge on any atom is 0.280 e. The lowest BCUT2D eigenvalue weighted by atomic mass is 10.2. The van der Waals surface area contributed by atoms with Crippen LogP contribution in [0.1, 0.15) is 34.9 Å². The highest BCUT2D eigenvalue weighted by Gasteiger charge is 2.31. The van der Waals surface area contributed by atoms with E-state index in [2.05, 4.69) is 10.2 Å². The molecular weight excluding hydrogens is 256 g/mol. The first-order valence-electron chi connectivity index (χ1n) is 6.48. The highest BCUT2D eigenvalue weighted by atomic mass is 16.3. The van der Waals surface area contributed by atoms with E-state index in [-0.39, 0.29) is 17.4 Å². The van der Waals surface area contributed by atoms with Crippen LogP contribution in [0.25, 0.3) is 0 Å². The lowest BCUT2D eigenvalue weighted by molar-refractivity contribution is 0.0989. The molecule has 1 aliphatic rings. The lowest BCUT2D eigenvalue weighted by Gasteiger charge is -2.16. The van der Waals surface area contributed by atoms with Gasteiger partial charge in [-0.2, -0.15) is 5.10 Å². The first-order valence-corrected chi connectivity index (χ1v) is 6.48. The number of aromatic hydroxyl groups is 1. The fraction of sp³-hybridized carbons (Fsp3) is 0.286. The van der Waals surface area contributed by atoms with Crippen molar-refractivity contribution in [1.82, 2.24) is 10.2 Å². The third kappa shape index (κ3) is 2.09. The molecule has 0 atom stereocenters. The van der Waals surface area contributed by atoms with E-state index in [4.69, 9.17) is 5.73 Å². The van der Waals surface area contributed by atoms with Gasteiger partial charge in [-0.15, -0.1) is 0 Å². The van der Waals surface area contributed by atoms with Crippen LogP contribution < -0.4 is 10.6 Å². The number of rotatable bonds is 3. The summed E-state index contributed by atoms with van der Waals surface area (Å²) in [6.07, 6.45) is 2.17. The molecule has 1 aliphatic carbocycles. The van der Waals surface area contributed by atoms with Crippen molar-refractivity contribution in [3.8, 4) is 5.75 Å². The van der Waals surface area contributed by atoms with E-state index in [0.29, 0.717) is 17.3 Å². The molecule has 0 unspecified atom stereocenters. The molecule has 0 bridgehead atoms. The van der Waals surface area contributed by atoms with E-state index in [1.807, 2.05) is 0 Å². The number of amides is 1. The van der Waals surface area contributed by atoms with Crippen LogP contribution in [-0.4, -0.2) is 28.3 Å². The first kappa shape index (κ1) is 12.5. The second-order valence-corrected chi connectivity index (χ2v) is 5.06. The van der Waals surface area contributed by atoms with Gasteiger partial charge < -0.3 is 15.7 Å². The molecule has 1 amide bonds. The minimum absolute atomic E-state index is 0.107. The molecule has 1 heterocycles. The summed E-state index contributed by atoms with van der Waals surface area (Å²) < 4.78 is 0. The van der Waals surface area contributed by atoms with Crippen molar-refractivity contribution in [2.45, 2.75) is 18.8 Å². The van der Waals surface area contributed by atoms with Gasteiger partial charge in [0, 0.05) is 24.7 Å².